The molecular weight excluding hydrogens is 458 g/mol. The molecule has 2 unspecified atom stereocenters. The number of hydrogen-bond acceptors (Lipinski definition) is 3. The summed E-state index contributed by atoms with van der Waals surface area (Å²) in [7, 11) is 0. The van der Waals surface area contributed by atoms with Gasteiger partial charge in [-0.3, -0.25) is 4.90 Å². The molecule has 0 saturated carbocycles. The number of likely N-dealkylation sites (tertiary alicyclic amines) is 2. The van der Waals surface area contributed by atoms with Crippen LogP contribution in [-0.2, 0) is 0 Å². The summed E-state index contributed by atoms with van der Waals surface area (Å²) in [6.07, 6.45) is 3.77. The Hall–Kier alpha value is -1.09. The number of hydrogen-bond donors (Lipinski definition) is 1. The van der Waals surface area contributed by atoms with Gasteiger partial charge in [-0.25, -0.2) is 9.38 Å². The van der Waals surface area contributed by atoms with Crippen molar-refractivity contribution in [3.8, 4) is 5.75 Å². The van der Waals surface area contributed by atoms with Crippen molar-refractivity contribution in [3.63, 3.8) is 0 Å². The van der Waals surface area contributed by atoms with Crippen molar-refractivity contribution in [2.45, 2.75) is 45.3 Å². The van der Waals surface area contributed by atoms with E-state index >= 15 is 0 Å². The molecule has 2 aliphatic heterocycles. The maximum Gasteiger partial charge on any atom is 0.194 e. The van der Waals surface area contributed by atoms with Crippen LogP contribution >= 0.6 is 24.0 Å². The zero-order valence-corrected chi connectivity index (χ0v) is 18.7. The highest BCUT2D eigenvalue weighted by molar-refractivity contribution is 14.0. The number of nitrogens with one attached hydrogen (secondary N) is 1. The van der Waals surface area contributed by atoms with Crippen LogP contribution in [0.4, 0.5) is 4.39 Å². The summed E-state index contributed by atoms with van der Waals surface area (Å²) < 4.78 is 19.1. The summed E-state index contributed by atoms with van der Waals surface area (Å²) in [4.78, 5) is 9.76. The van der Waals surface area contributed by atoms with Crippen molar-refractivity contribution >= 4 is 29.9 Å². The second-order valence-corrected chi connectivity index (χ2v) is 7.21. The number of rotatable bonds is 6. The maximum atomic E-state index is 13.3. The largest absolute Gasteiger partial charge is 0.489 e. The highest BCUT2D eigenvalue weighted by Crippen LogP contribution is 2.20. The van der Waals surface area contributed by atoms with Gasteiger partial charge in [-0.15, -0.1) is 24.0 Å². The summed E-state index contributed by atoms with van der Waals surface area (Å²) in [6.45, 7) is 10.0. The molecule has 0 aromatic heterocycles. The van der Waals surface area contributed by atoms with E-state index in [1.54, 1.807) is 12.1 Å². The van der Waals surface area contributed by atoms with Crippen LogP contribution in [0.25, 0.3) is 0 Å². The molecule has 0 amide bonds. The lowest BCUT2D eigenvalue weighted by Gasteiger charge is -2.25. The lowest BCUT2D eigenvalue weighted by molar-refractivity contribution is 0.228. The lowest BCUT2D eigenvalue weighted by atomic mass is 10.2. The van der Waals surface area contributed by atoms with Crippen LogP contribution in [0.5, 0.6) is 5.75 Å². The summed E-state index contributed by atoms with van der Waals surface area (Å²) in [5, 5.41) is 3.41. The van der Waals surface area contributed by atoms with Gasteiger partial charge in [0.05, 0.1) is 6.54 Å². The van der Waals surface area contributed by atoms with Crippen LogP contribution in [0.15, 0.2) is 29.3 Å². The minimum atomic E-state index is -0.281. The average Bonchev–Trinajstić information content (AvgIpc) is 3.29. The number of nitrogens with zero attached hydrogens (tertiary/aromatic N) is 3. The standard InChI is InChI=1S/C20H31FN4O.HI/c1-3-22-20(25-12-9-18(15-25)24-10-4-5-11-24)23-14-16(2)26-19-8-6-7-17(21)13-19;/h6-8,13,16,18H,3-5,9-12,14-15H2,1-2H3,(H,22,23);1H. The number of aliphatic imine (C=N–C) groups is 1. The maximum absolute atomic E-state index is 13.3. The second-order valence-electron chi connectivity index (χ2n) is 7.21. The van der Waals surface area contributed by atoms with Gasteiger partial charge in [-0.05, 0) is 58.3 Å². The van der Waals surface area contributed by atoms with Crippen molar-refractivity contribution in [2.75, 3.05) is 39.3 Å². The number of guanidine groups is 1. The average molecular weight is 490 g/mol. The molecule has 7 heteroatoms. The molecule has 0 bridgehead atoms. The molecule has 0 aliphatic carbocycles. The van der Waals surface area contributed by atoms with Gasteiger partial charge in [-0.2, -0.15) is 0 Å². The highest BCUT2D eigenvalue weighted by atomic mass is 127. The lowest BCUT2D eigenvalue weighted by Crippen LogP contribution is -2.43. The smallest absolute Gasteiger partial charge is 0.194 e. The van der Waals surface area contributed by atoms with Gasteiger partial charge in [-0.1, -0.05) is 6.07 Å². The van der Waals surface area contributed by atoms with Crippen LogP contribution in [0.3, 0.4) is 0 Å². The van der Waals surface area contributed by atoms with Gasteiger partial charge in [0, 0.05) is 31.7 Å². The van der Waals surface area contributed by atoms with Gasteiger partial charge in [0.25, 0.3) is 0 Å². The van der Waals surface area contributed by atoms with E-state index in [9.17, 15) is 4.39 Å². The third-order valence-electron chi connectivity index (χ3n) is 5.09. The Bertz CT molecular complexity index is 609. The van der Waals surface area contributed by atoms with Crippen LogP contribution in [0.1, 0.15) is 33.1 Å². The third kappa shape index (κ3) is 6.48. The van der Waals surface area contributed by atoms with Crippen LogP contribution in [0, 0.1) is 5.82 Å². The van der Waals surface area contributed by atoms with Crippen LogP contribution < -0.4 is 10.1 Å². The first-order valence-corrected chi connectivity index (χ1v) is 9.85. The Morgan fingerprint density at radius 1 is 1.33 bits per heavy atom. The first-order chi connectivity index (χ1) is 12.7. The fourth-order valence-corrected chi connectivity index (χ4v) is 3.79. The molecule has 2 heterocycles. The molecule has 152 valence electrons. The van der Waals surface area contributed by atoms with E-state index in [0.29, 0.717) is 18.3 Å². The predicted molar refractivity (Wildman–Crippen MR) is 119 cm³/mol. The summed E-state index contributed by atoms with van der Waals surface area (Å²) >= 11 is 0. The first kappa shape index (κ1) is 22.2. The summed E-state index contributed by atoms with van der Waals surface area (Å²) in [6, 6.07) is 6.92. The van der Waals surface area contributed by atoms with Crippen LogP contribution in [0.2, 0.25) is 0 Å². The van der Waals surface area contributed by atoms with Crippen molar-refractivity contribution in [2.24, 2.45) is 4.99 Å². The van der Waals surface area contributed by atoms with E-state index in [1.807, 2.05) is 6.92 Å². The molecule has 2 atom stereocenters. The normalized spacial score (nSPS) is 21.8. The molecule has 0 spiro atoms. The Morgan fingerprint density at radius 3 is 2.81 bits per heavy atom. The van der Waals surface area contributed by atoms with E-state index < -0.39 is 0 Å². The molecule has 1 aromatic carbocycles. The topological polar surface area (TPSA) is 40.1 Å². The monoisotopic (exact) mass is 490 g/mol. The van der Waals surface area contributed by atoms with Gasteiger partial charge in [0.15, 0.2) is 5.96 Å². The first-order valence-electron chi connectivity index (χ1n) is 9.85. The number of ether oxygens (including phenoxy) is 1. The number of halogens is 2. The van der Waals surface area contributed by atoms with Crippen molar-refractivity contribution in [3.05, 3.63) is 30.1 Å². The molecule has 3 rings (SSSR count). The molecule has 2 aliphatic rings. The summed E-state index contributed by atoms with van der Waals surface area (Å²) in [5.41, 5.74) is 0. The minimum Gasteiger partial charge on any atom is -0.489 e. The molecule has 5 nitrogen and oxygen atoms in total. The van der Waals surface area contributed by atoms with Crippen molar-refractivity contribution in [1.29, 1.82) is 0 Å². The van der Waals surface area contributed by atoms with E-state index in [0.717, 1.165) is 25.6 Å². The zero-order chi connectivity index (χ0) is 18.4. The van der Waals surface area contributed by atoms with Crippen molar-refractivity contribution < 1.29 is 9.13 Å². The Kier molecular flexibility index (Phi) is 9.08. The van der Waals surface area contributed by atoms with E-state index in [4.69, 9.17) is 9.73 Å². The highest BCUT2D eigenvalue weighted by Gasteiger charge is 2.30. The van der Waals surface area contributed by atoms with Gasteiger partial charge < -0.3 is 15.0 Å². The Balaban J connectivity index is 0.00000261. The Labute approximate surface area is 179 Å². The molecule has 2 fully saturated rings. The molecule has 1 N–H and O–H groups in total. The molecular formula is C20H32FIN4O. The zero-order valence-electron chi connectivity index (χ0n) is 16.4. The van der Waals surface area contributed by atoms with Gasteiger partial charge in [0.1, 0.15) is 17.7 Å². The Morgan fingerprint density at radius 2 is 2.11 bits per heavy atom. The van der Waals surface area contributed by atoms with E-state index in [-0.39, 0.29) is 35.9 Å². The second kappa shape index (κ2) is 11.0. The molecule has 27 heavy (non-hydrogen) atoms. The molecule has 1 aromatic rings. The molecule has 0 radical (unpaired) electrons. The van der Waals surface area contributed by atoms with E-state index in [1.165, 1.54) is 44.5 Å². The van der Waals surface area contributed by atoms with Crippen molar-refractivity contribution in [1.82, 2.24) is 15.1 Å². The predicted octanol–water partition coefficient (Wildman–Crippen LogP) is 3.35. The fraction of sp³-hybridized carbons (Fsp3) is 0.650. The van der Waals surface area contributed by atoms with E-state index in [2.05, 4.69) is 22.0 Å². The fourth-order valence-electron chi connectivity index (χ4n) is 3.79. The van der Waals surface area contributed by atoms with Gasteiger partial charge >= 0.3 is 0 Å². The SMILES string of the molecule is CCNC(=NCC(C)Oc1cccc(F)c1)N1CCC(N2CCCC2)C1.I. The summed E-state index contributed by atoms with van der Waals surface area (Å²) in [5.74, 6) is 1.23. The van der Waals surface area contributed by atoms with Gasteiger partial charge in [0.2, 0.25) is 0 Å². The molecule has 2 saturated heterocycles. The number of benzene rings is 1. The quantitative estimate of drug-likeness (QED) is 0.378. The van der Waals surface area contributed by atoms with Crippen LogP contribution in [-0.4, -0.2) is 67.2 Å². The third-order valence-corrected chi connectivity index (χ3v) is 5.09. The minimum absolute atomic E-state index is 0.